The van der Waals surface area contributed by atoms with Crippen molar-refractivity contribution in [2.45, 2.75) is 58.1 Å². The molecule has 0 bridgehead atoms. The van der Waals surface area contributed by atoms with Gasteiger partial charge >= 0.3 is 0 Å². The second-order valence-electron chi connectivity index (χ2n) is 6.46. The summed E-state index contributed by atoms with van der Waals surface area (Å²) >= 11 is 1.88. The molecule has 3 rings (SSSR count). The lowest BCUT2D eigenvalue weighted by Crippen LogP contribution is -2.40. The van der Waals surface area contributed by atoms with Gasteiger partial charge in [0.2, 0.25) is 0 Å². The molecule has 0 aromatic heterocycles. The lowest BCUT2D eigenvalue weighted by molar-refractivity contribution is 0.382. The van der Waals surface area contributed by atoms with Crippen LogP contribution in [0.1, 0.15) is 27.7 Å². The van der Waals surface area contributed by atoms with Crippen LogP contribution in [0, 0.1) is 0 Å². The van der Waals surface area contributed by atoms with E-state index in [1.165, 1.54) is 19.6 Å². The van der Waals surface area contributed by atoms with Gasteiger partial charge in [0.25, 0.3) is 0 Å². The van der Waals surface area contributed by atoms with Gasteiger partial charge in [-0.1, -0.05) is 36.0 Å². The minimum absolute atomic E-state index is 0.0106. The van der Waals surface area contributed by atoms with E-state index in [0.29, 0.717) is 5.25 Å². The summed E-state index contributed by atoms with van der Waals surface area (Å²) in [5, 5.41) is 0.366. The fraction of sp³-hybridized carbons (Fsp3) is 0.350. The number of aliphatic imine (C=N–C) groups is 1. The second-order valence-corrected chi connectivity index (χ2v) is 9.81. The summed E-state index contributed by atoms with van der Waals surface area (Å²) in [6, 6.07) is 17.6. The van der Waals surface area contributed by atoms with Crippen LogP contribution in [0.4, 0.5) is 0 Å². The normalized spacial score (nSPS) is 16.3. The van der Waals surface area contributed by atoms with Crippen LogP contribution in [0.25, 0.3) is 0 Å². The van der Waals surface area contributed by atoms with E-state index in [9.17, 15) is 0 Å². The molecular weight excluding hydrogens is 334 g/mol. The molecule has 1 aliphatic rings. The van der Waals surface area contributed by atoms with Gasteiger partial charge in [0, 0.05) is 6.92 Å². The van der Waals surface area contributed by atoms with Crippen LogP contribution in [0.15, 0.2) is 73.1 Å². The summed E-state index contributed by atoms with van der Waals surface area (Å²) in [5.74, 6) is 0.739. The number of rotatable bonds is 3. The third-order valence-electron chi connectivity index (χ3n) is 4.48. The Morgan fingerprint density at radius 1 is 1.04 bits per heavy atom. The van der Waals surface area contributed by atoms with Crippen LogP contribution in [-0.4, -0.2) is 23.8 Å². The Kier molecular flexibility index (Phi) is 4.97. The number of fused-ring (bicyclic) bond motifs is 2. The van der Waals surface area contributed by atoms with E-state index in [0.717, 1.165) is 5.90 Å². The van der Waals surface area contributed by atoms with Crippen molar-refractivity contribution < 1.29 is 4.74 Å². The number of nitrogens with zero attached hydrogens (tertiary/aromatic N) is 1. The van der Waals surface area contributed by atoms with Crippen LogP contribution in [0.2, 0.25) is 0 Å². The highest BCUT2D eigenvalue weighted by molar-refractivity contribution is 8.04. The molecule has 2 aromatic rings. The first-order chi connectivity index (χ1) is 11.4. The van der Waals surface area contributed by atoms with Gasteiger partial charge in [0.05, 0.1) is 27.8 Å². The van der Waals surface area contributed by atoms with E-state index in [2.05, 4.69) is 69.3 Å². The standard InChI is InChI=1S/C20H24NOS2/c1-14(20(3,4)21-15(2)22-5)24-18-12-8-6-10-16(18)23-17-11-7-9-13-19(17)24/h6-14H,1-5H3/q+1. The molecule has 0 amide bonds. The number of benzene rings is 2. The minimum atomic E-state index is -0.203. The molecule has 4 heteroatoms. The number of hydrogen-bond acceptors (Lipinski definition) is 3. The highest BCUT2D eigenvalue weighted by Gasteiger charge is 2.47. The largest absolute Gasteiger partial charge is 0.484 e. The summed E-state index contributed by atoms with van der Waals surface area (Å²) in [7, 11) is 1.67. The van der Waals surface area contributed by atoms with E-state index in [1.54, 1.807) is 7.11 Å². The van der Waals surface area contributed by atoms with Crippen molar-refractivity contribution in [3.8, 4) is 0 Å². The Hall–Kier alpha value is -1.39. The zero-order valence-corrected chi connectivity index (χ0v) is 16.5. The van der Waals surface area contributed by atoms with E-state index in [4.69, 9.17) is 9.73 Å². The summed E-state index contributed by atoms with van der Waals surface area (Å²) in [6.07, 6.45) is 0. The Morgan fingerprint density at radius 2 is 1.54 bits per heavy atom. The van der Waals surface area contributed by atoms with Gasteiger partial charge in [-0.05, 0) is 45.0 Å². The Balaban J connectivity index is 2.10. The van der Waals surface area contributed by atoms with Gasteiger partial charge in [0.1, 0.15) is 5.54 Å². The first-order valence-corrected chi connectivity index (χ1v) is 10.2. The molecule has 1 aliphatic heterocycles. The van der Waals surface area contributed by atoms with Gasteiger partial charge < -0.3 is 4.74 Å². The predicted octanol–water partition coefficient (Wildman–Crippen LogP) is 5.42. The molecule has 0 aliphatic carbocycles. The average Bonchev–Trinajstić information content (AvgIpc) is 2.58. The van der Waals surface area contributed by atoms with E-state index < -0.39 is 0 Å². The zero-order valence-electron chi connectivity index (χ0n) is 14.9. The quantitative estimate of drug-likeness (QED) is 0.415. The summed E-state index contributed by atoms with van der Waals surface area (Å²) in [4.78, 5) is 10.5. The van der Waals surface area contributed by atoms with E-state index in [1.807, 2.05) is 18.7 Å². The number of methoxy groups -OCH3 is 1. The van der Waals surface area contributed by atoms with Crippen LogP contribution < -0.4 is 0 Å². The van der Waals surface area contributed by atoms with Crippen molar-refractivity contribution in [2.24, 2.45) is 4.99 Å². The Morgan fingerprint density at radius 3 is 2.04 bits per heavy atom. The lowest BCUT2D eigenvalue weighted by atomic mass is 10.0. The third kappa shape index (κ3) is 3.22. The molecule has 0 saturated heterocycles. The molecule has 1 unspecified atom stereocenters. The summed E-state index contributed by atoms with van der Waals surface area (Å²) in [5.41, 5.74) is -0.203. The predicted molar refractivity (Wildman–Crippen MR) is 105 cm³/mol. The van der Waals surface area contributed by atoms with Crippen LogP contribution >= 0.6 is 11.8 Å². The molecule has 0 radical (unpaired) electrons. The van der Waals surface area contributed by atoms with Crippen molar-refractivity contribution in [3.05, 3.63) is 48.5 Å². The van der Waals surface area contributed by atoms with Gasteiger partial charge in [-0.3, -0.25) is 0 Å². The maximum absolute atomic E-state index is 5.31. The van der Waals surface area contributed by atoms with Crippen molar-refractivity contribution in [1.29, 1.82) is 0 Å². The molecular formula is C20H24NOS2+. The average molecular weight is 359 g/mol. The fourth-order valence-electron chi connectivity index (χ4n) is 2.88. The number of ether oxygens (including phenoxy) is 1. The van der Waals surface area contributed by atoms with Crippen LogP contribution in [0.3, 0.4) is 0 Å². The summed E-state index contributed by atoms with van der Waals surface area (Å²) in [6.45, 7) is 8.66. The summed E-state index contributed by atoms with van der Waals surface area (Å²) < 4.78 is 5.31. The first kappa shape index (κ1) is 17.4. The molecule has 2 nitrogen and oxygen atoms in total. The van der Waals surface area contributed by atoms with E-state index >= 15 is 0 Å². The minimum Gasteiger partial charge on any atom is -0.484 e. The molecule has 2 aromatic carbocycles. The molecule has 24 heavy (non-hydrogen) atoms. The van der Waals surface area contributed by atoms with Crippen molar-refractivity contribution in [1.82, 2.24) is 0 Å². The molecule has 0 saturated carbocycles. The first-order valence-electron chi connectivity index (χ1n) is 8.13. The maximum atomic E-state index is 5.31. The molecule has 0 N–H and O–H groups in total. The third-order valence-corrected chi connectivity index (χ3v) is 8.84. The van der Waals surface area contributed by atoms with Crippen molar-refractivity contribution in [3.63, 3.8) is 0 Å². The SMILES string of the molecule is COC(C)=NC(C)(C)C(C)[S+]1c2ccccc2Sc2ccccc21. The van der Waals surface area contributed by atoms with E-state index in [-0.39, 0.29) is 16.4 Å². The van der Waals surface area contributed by atoms with Crippen LogP contribution in [-0.2, 0) is 15.6 Å². The monoisotopic (exact) mass is 358 g/mol. The molecule has 126 valence electrons. The van der Waals surface area contributed by atoms with Gasteiger partial charge in [-0.25, -0.2) is 4.99 Å². The second kappa shape index (κ2) is 6.85. The fourth-order valence-corrected chi connectivity index (χ4v) is 7.19. The van der Waals surface area contributed by atoms with Gasteiger partial charge in [-0.15, -0.1) is 0 Å². The zero-order chi connectivity index (χ0) is 17.3. The van der Waals surface area contributed by atoms with Crippen LogP contribution in [0.5, 0.6) is 0 Å². The molecule has 1 heterocycles. The highest BCUT2D eigenvalue weighted by Crippen LogP contribution is 2.48. The highest BCUT2D eigenvalue weighted by atomic mass is 32.2. The van der Waals surface area contributed by atoms with Crippen molar-refractivity contribution in [2.75, 3.05) is 7.11 Å². The Labute approximate surface area is 152 Å². The molecule has 0 fully saturated rings. The Bertz CT molecular complexity index is 724. The topological polar surface area (TPSA) is 21.6 Å². The van der Waals surface area contributed by atoms with Gasteiger partial charge in [0.15, 0.2) is 20.9 Å². The molecule has 0 spiro atoms. The number of hydrogen-bond donors (Lipinski definition) is 0. The lowest BCUT2D eigenvalue weighted by Gasteiger charge is -2.30. The maximum Gasteiger partial charge on any atom is 0.180 e. The van der Waals surface area contributed by atoms with Crippen molar-refractivity contribution >= 4 is 28.6 Å². The molecule has 1 atom stereocenters. The smallest absolute Gasteiger partial charge is 0.180 e. The van der Waals surface area contributed by atoms with Gasteiger partial charge in [-0.2, -0.15) is 0 Å².